The lowest BCUT2D eigenvalue weighted by atomic mass is 9.76. The highest BCUT2D eigenvalue weighted by Crippen LogP contribution is 2.35. The fourth-order valence-corrected chi connectivity index (χ4v) is 3.83. The van der Waals surface area contributed by atoms with Gasteiger partial charge in [-0.3, -0.25) is 4.40 Å². The first-order chi connectivity index (χ1) is 9.83. The van der Waals surface area contributed by atoms with E-state index >= 15 is 0 Å². The van der Waals surface area contributed by atoms with E-state index in [2.05, 4.69) is 27.5 Å². The Morgan fingerprint density at radius 2 is 2.25 bits per heavy atom. The van der Waals surface area contributed by atoms with Crippen LogP contribution in [0.3, 0.4) is 0 Å². The Labute approximate surface area is 123 Å². The Morgan fingerprint density at radius 3 is 3.00 bits per heavy atom. The number of hydrogen-bond donors (Lipinski definition) is 1. The van der Waals surface area contributed by atoms with Gasteiger partial charge in [0.2, 0.25) is 0 Å². The maximum atomic E-state index is 5.58. The van der Waals surface area contributed by atoms with Gasteiger partial charge in [0.05, 0.1) is 5.69 Å². The zero-order chi connectivity index (χ0) is 13.4. The summed E-state index contributed by atoms with van der Waals surface area (Å²) in [6, 6.07) is 0.778. The molecule has 2 aromatic rings. The fourth-order valence-electron chi connectivity index (χ4n) is 3.11. The average molecular weight is 291 g/mol. The lowest BCUT2D eigenvalue weighted by molar-refractivity contribution is 0.0143. The van der Waals surface area contributed by atoms with Crippen molar-refractivity contribution in [2.24, 2.45) is 5.41 Å². The van der Waals surface area contributed by atoms with Crippen LogP contribution >= 0.6 is 11.3 Å². The largest absolute Gasteiger partial charge is 0.381 e. The van der Waals surface area contributed by atoms with Crippen LogP contribution in [-0.2, 0) is 11.2 Å². The normalized spacial score (nSPS) is 22.4. The van der Waals surface area contributed by atoms with Gasteiger partial charge in [0.1, 0.15) is 0 Å². The Hall–Kier alpha value is -0.910. The van der Waals surface area contributed by atoms with Crippen molar-refractivity contribution in [3.63, 3.8) is 0 Å². The summed E-state index contributed by atoms with van der Waals surface area (Å²) in [6.07, 6.45) is 10.4. The monoisotopic (exact) mass is 291 g/mol. The first-order valence-corrected chi connectivity index (χ1v) is 8.43. The minimum Gasteiger partial charge on any atom is -0.381 e. The molecule has 0 bridgehead atoms. The quantitative estimate of drug-likeness (QED) is 0.920. The van der Waals surface area contributed by atoms with Crippen molar-refractivity contribution in [3.05, 3.63) is 23.5 Å². The van der Waals surface area contributed by atoms with E-state index in [9.17, 15) is 0 Å². The lowest BCUT2D eigenvalue weighted by Gasteiger charge is -2.37. The molecule has 2 fully saturated rings. The van der Waals surface area contributed by atoms with Gasteiger partial charge in [-0.05, 0) is 37.5 Å². The molecule has 2 aliphatic rings. The van der Waals surface area contributed by atoms with Gasteiger partial charge in [-0.25, -0.2) is 4.98 Å². The van der Waals surface area contributed by atoms with Gasteiger partial charge in [0.25, 0.3) is 0 Å². The van der Waals surface area contributed by atoms with Crippen molar-refractivity contribution in [3.8, 4) is 0 Å². The van der Waals surface area contributed by atoms with Crippen LogP contribution in [0.1, 0.15) is 31.4 Å². The molecule has 2 aromatic heterocycles. The van der Waals surface area contributed by atoms with E-state index in [0.29, 0.717) is 5.41 Å². The van der Waals surface area contributed by atoms with Crippen LogP contribution in [0.4, 0.5) is 0 Å². The summed E-state index contributed by atoms with van der Waals surface area (Å²) in [5, 5.41) is 5.82. The number of aromatic nitrogens is 2. The maximum absolute atomic E-state index is 5.58. The number of hydrogen-bond acceptors (Lipinski definition) is 4. The number of nitrogens with zero attached hydrogens (tertiary/aromatic N) is 2. The van der Waals surface area contributed by atoms with Crippen molar-refractivity contribution in [1.29, 1.82) is 0 Å². The summed E-state index contributed by atoms with van der Waals surface area (Å²) in [7, 11) is 0. The molecule has 0 radical (unpaired) electrons. The van der Waals surface area contributed by atoms with Crippen molar-refractivity contribution in [2.75, 3.05) is 19.8 Å². The van der Waals surface area contributed by atoms with Crippen molar-refractivity contribution < 1.29 is 4.74 Å². The molecule has 0 amide bonds. The van der Waals surface area contributed by atoms with Gasteiger partial charge in [0.15, 0.2) is 4.96 Å². The van der Waals surface area contributed by atoms with E-state index in [1.165, 1.54) is 18.5 Å². The van der Waals surface area contributed by atoms with Crippen LogP contribution in [0.25, 0.3) is 4.96 Å². The number of fused-ring (bicyclic) bond motifs is 1. The average Bonchev–Trinajstić information content (AvgIpc) is 3.07. The van der Waals surface area contributed by atoms with Crippen LogP contribution in [0.2, 0.25) is 0 Å². The molecule has 1 aliphatic carbocycles. The van der Waals surface area contributed by atoms with Crippen molar-refractivity contribution in [2.45, 2.75) is 38.1 Å². The van der Waals surface area contributed by atoms with Gasteiger partial charge >= 0.3 is 0 Å². The third kappa shape index (κ3) is 2.62. The van der Waals surface area contributed by atoms with Gasteiger partial charge in [0, 0.05) is 43.6 Å². The Bertz CT molecular complexity index is 552. The number of rotatable bonds is 5. The second-order valence-electron chi connectivity index (χ2n) is 6.27. The molecule has 5 heteroatoms. The fraction of sp³-hybridized carbons (Fsp3) is 0.667. The second-order valence-corrected chi connectivity index (χ2v) is 7.14. The van der Waals surface area contributed by atoms with Crippen molar-refractivity contribution >= 4 is 16.3 Å². The molecule has 4 rings (SSSR count). The topological polar surface area (TPSA) is 38.6 Å². The Kier molecular flexibility index (Phi) is 3.28. The molecule has 0 atom stereocenters. The maximum Gasteiger partial charge on any atom is 0.193 e. The zero-order valence-corrected chi connectivity index (χ0v) is 12.5. The molecule has 3 heterocycles. The predicted molar refractivity (Wildman–Crippen MR) is 80.3 cm³/mol. The molecule has 4 nitrogen and oxygen atoms in total. The van der Waals surface area contributed by atoms with E-state index in [4.69, 9.17) is 9.72 Å². The minimum atomic E-state index is 0.338. The second kappa shape index (κ2) is 5.13. The number of ether oxygens (including phenoxy) is 1. The Balaban J connectivity index is 1.51. The summed E-state index contributed by atoms with van der Waals surface area (Å²) in [5.74, 6) is 0. The summed E-state index contributed by atoms with van der Waals surface area (Å²) >= 11 is 1.71. The molecule has 0 aromatic carbocycles. The summed E-state index contributed by atoms with van der Waals surface area (Å²) < 4.78 is 7.72. The summed E-state index contributed by atoms with van der Waals surface area (Å²) in [4.78, 5) is 5.88. The number of nitrogens with one attached hydrogen (secondary N) is 1. The van der Waals surface area contributed by atoms with Crippen LogP contribution in [0.15, 0.2) is 17.8 Å². The first-order valence-electron chi connectivity index (χ1n) is 7.55. The van der Waals surface area contributed by atoms with Crippen molar-refractivity contribution in [1.82, 2.24) is 14.7 Å². The molecule has 1 N–H and O–H groups in total. The summed E-state index contributed by atoms with van der Waals surface area (Å²) in [5.41, 5.74) is 1.57. The molecular formula is C15H21N3OS. The number of thiazole rings is 1. The third-order valence-electron chi connectivity index (χ3n) is 4.60. The molecule has 20 heavy (non-hydrogen) atoms. The Morgan fingerprint density at radius 1 is 1.40 bits per heavy atom. The smallest absolute Gasteiger partial charge is 0.193 e. The molecular weight excluding hydrogens is 270 g/mol. The van der Waals surface area contributed by atoms with E-state index in [-0.39, 0.29) is 0 Å². The third-order valence-corrected chi connectivity index (χ3v) is 5.37. The highest BCUT2D eigenvalue weighted by molar-refractivity contribution is 7.15. The van der Waals surface area contributed by atoms with Crippen LogP contribution in [0.5, 0.6) is 0 Å². The van der Waals surface area contributed by atoms with Gasteiger partial charge in [-0.2, -0.15) is 0 Å². The van der Waals surface area contributed by atoms with Gasteiger partial charge < -0.3 is 10.1 Å². The first kappa shape index (κ1) is 12.8. The SMILES string of the molecule is c1cn2cc(CC3(CNC4CC4)CCOCC3)nc2s1. The van der Waals surface area contributed by atoms with Crippen LogP contribution < -0.4 is 5.32 Å². The molecule has 0 unspecified atom stereocenters. The molecule has 1 saturated carbocycles. The molecule has 1 aliphatic heterocycles. The summed E-state index contributed by atoms with van der Waals surface area (Å²) in [6.45, 7) is 2.91. The van der Waals surface area contributed by atoms with Gasteiger partial charge in [-0.1, -0.05) is 0 Å². The molecule has 0 spiro atoms. The minimum absolute atomic E-state index is 0.338. The van der Waals surface area contributed by atoms with Gasteiger partial charge in [-0.15, -0.1) is 11.3 Å². The standard InChI is InChI=1S/C15H21N3OS/c1-2-12(1)16-11-15(3-6-19-7-4-15)9-13-10-18-5-8-20-14(18)17-13/h5,8,10,12,16H,1-4,6-7,9,11H2. The highest BCUT2D eigenvalue weighted by Gasteiger charge is 2.35. The molecule has 1 saturated heterocycles. The number of imidazole rings is 1. The molecule has 108 valence electrons. The van der Waals surface area contributed by atoms with E-state index in [1.54, 1.807) is 11.3 Å². The lowest BCUT2D eigenvalue weighted by Crippen LogP contribution is -2.41. The predicted octanol–water partition coefficient (Wildman–Crippen LogP) is 2.49. The van der Waals surface area contributed by atoms with E-state index in [0.717, 1.165) is 50.0 Å². The zero-order valence-electron chi connectivity index (χ0n) is 11.7. The van der Waals surface area contributed by atoms with Crippen LogP contribution in [0, 0.1) is 5.41 Å². The van der Waals surface area contributed by atoms with Crippen LogP contribution in [-0.4, -0.2) is 35.2 Å². The highest BCUT2D eigenvalue weighted by atomic mass is 32.1. The van der Waals surface area contributed by atoms with E-state index < -0.39 is 0 Å². The van der Waals surface area contributed by atoms with E-state index in [1.807, 2.05) is 0 Å².